The molecule has 0 fully saturated rings. The molecule has 154 valence electrons. The SMILES string of the molecule is CC(=O)N[C@@H](Cc1ccccc1)C(=O)CN(C(=O)CCc1ccccc1)C(C)C. The maximum Gasteiger partial charge on any atom is 0.223 e. The zero-order valence-corrected chi connectivity index (χ0v) is 17.4. The first-order chi connectivity index (χ1) is 13.9. The highest BCUT2D eigenvalue weighted by Gasteiger charge is 2.26. The van der Waals surface area contributed by atoms with E-state index >= 15 is 0 Å². The van der Waals surface area contributed by atoms with Crippen molar-refractivity contribution in [2.24, 2.45) is 0 Å². The number of hydrogen-bond acceptors (Lipinski definition) is 3. The molecule has 0 bridgehead atoms. The predicted molar refractivity (Wildman–Crippen MR) is 114 cm³/mol. The normalized spacial score (nSPS) is 11.7. The van der Waals surface area contributed by atoms with Crippen LogP contribution in [0.2, 0.25) is 0 Å². The quantitative estimate of drug-likeness (QED) is 0.673. The van der Waals surface area contributed by atoms with Crippen molar-refractivity contribution >= 4 is 17.6 Å². The van der Waals surface area contributed by atoms with Gasteiger partial charge in [0.05, 0.1) is 12.6 Å². The summed E-state index contributed by atoms with van der Waals surface area (Å²) < 4.78 is 0. The summed E-state index contributed by atoms with van der Waals surface area (Å²) in [5.74, 6) is -0.477. The fourth-order valence-electron chi connectivity index (χ4n) is 3.22. The summed E-state index contributed by atoms with van der Waals surface area (Å²) >= 11 is 0. The van der Waals surface area contributed by atoms with Crippen LogP contribution in [0.1, 0.15) is 38.3 Å². The zero-order chi connectivity index (χ0) is 21.2. The van der Waals surface area contributed by atoms with Gasteiger partial charge in [0.1, 0.15) is 0 Å². The molecular formula is C24H30N2O3. The Balaban J connectivity index is 2.04. The predicted octanol–water partition coefficient (Wildman–Crippen LogP) is 3.17. The topological polar surface area (TPSA) is 66.5 Å². The second-order valence-corrected chi connectivity index (χ2v) is 7.51. The maximum atomic E-state index is 13.0. The number of ketones is 1. The number of nitrogens with one attached hydrogen (secondary N) is 1. The monoisotopic (exact) mass is 394 g/mol. The molecule has 0 saturated carbocycles. The van der Waals surface area contributed by atoms with E-state index in [1.165, 1.54) is 6.92 Å². The molecule has 0 heterocycles. The number of amides is 2. The molecule has 0 aliphatic carbocycles. The lowest BCUT2D eigenvalue weighted by Crippen LogP contribution is -2.49. The van der Waals surface area contributed by atoms with Gasteiger partial charge in [0.2, 0.25) is 11.8 Å². The molecular weight excluding hydrogens is 364 g/mol. The van der Waals surface area contributed by atoms with Crippen LogP contribution < -0.4 is 5.32 Å². The zero-order valence-electron chi connectivity index (χ0n) is 17.4. The van der Waals surface area contributed by atoms with Crippen LogP contribution in [0.25, 0.3) is 0 Å². The molecule has 0 radical (unpaired) electrons. The number of carbonyl (C=O) groups is 3. The molecule has 1 atom stereocenters. The smallest absolute Gasteiger partial charge is 0.223 e. The average Bonchev–Trinajstić information content (AvgIpc) is 2.70. The standard InChI is InChI=1S/C24H30N2O3/c1-18(2)26(24(29)15-14-20-10-6-4-7-11-20)17-23(28)22(25-19(3)27)16-21-12-8-5-9-13-21/h4-13,18,22H,14-17H2,1-3H3,(H,25,27)/t22-/m0/s1. The molecule has 0 unspecified atom stereocenters. The third-order valence-corrected chi connectivity index (χ3v) is 4.79. The number of rotatable bonds is 10. The third-order valence-electron chi connectivity index (χ3n) is 4.79. The van der Waals surface area contributed by atoms with Gasteiger partial charge < -0.3 is 10.2 Å². The van der Waals surface area contributed by atoms with Crippen molar-refractivity contribution in [3.8, 4) is 0 Å². The lowest BCUT2D eigenvalue weighted by molar-refractivity contribution is -0.138. The summed E-state index contributed by atoms with van der Waals surface area (Å²) in [6, 6.07) is 18.6. The summed E-state index contributed by atoms with van der Waals surface area (Å²) in [5.41, 5.74) is 2.06. The minimum absolute atomic E-state index is 0.0108. The maximum absolute atomic E-state index is 13.0. The van der Waals surface area contributed by atoms with Crippen molar-refractivity contribution in [3.63, 3.8) is 0 Å². The van der Waals surface area contributed by atoms with Gasteiger partial charge in [0.15, 0.2) is 5.78 Å². The van der Waals surface area contributed by atoms with Gasteiger partial charge in [0.25, 0.3) is 0 Å². The Morgan fingerprint density at radius 1 is 0.897 bits per heavy atom. The molecule has 0 aliphatic heterocycles. The van der Waals surface area contributed by atoms with Crippen LogP contribution in [0, 0.1) is 0 Å². The number of Topliss-reactive ketones (excluding diaryl/α,β-unsaturated/α-hetero) is 1. The fraction of sp³-hybridized carbons (Fsp3) is 0.375. The highest BCUT2D eigenvalue weighted by atomic mass is 16.2. The van der Waals surface area contributed by atoms with E-state index in [2.05, 4.69) is 5.32 Å². The fourth-order valence-corrected chi connectivity index (χ4v) is 3.22. The van der Waals surface area contributed by atoms with Gasteiger partial charge in [0, 0.05) is 19.4 Å². The van der Waals surface area contributed by atoms with Crippen LogP contribution in [0.5, 0.6) is 0 Å². The van der Waals surface area contributed by atoms with Gasteiger partial charge in [-0.15, -0.1) is 0 Å². The van der Waals surface area contributed by atoms with Gasteiger partial charge in [-0.3, -0.25) is 14.4 Å². The molecule has 29 heavy (non-hydrogen) atoms. The van der Waals surface area contributed by atoms with Crippen molar-refractivity contribution in [2.45, 2.75) is 52.1 Å². The highest BCUT2D eigenvalue weighted by molar-refractivity contribution is 5.92. The largest absolute Gasteiger partial charge is 0.346 e. The Bertz CT molecular complexity index is 803. The van der Waals surface area contributed by atoms with E-state index in [4.69, 9.17) is 0 Å². The van der Waals surface area contributed by atoms with Crippen LogP contribution in [0.3, 0.4) is 0 Å². The Hall–Kier alpha value is -2.95. The van der Waals surface area contributed by atoms with E-state index < -0.39 is 6.04 Å². The highest BCUT2D eigenvalue weighted by Crippen LogP contribution is 2.10. The Kier molecular flexibility index (Phi) is 8.59. The van der Waals surface area contributed by atoms with E-state index in [1.54, 1.807) is 4.90 Å². The molecule has 2 rings (SSSR count). The Morgan fingerprint density at radius 2 is 1.45 bits per heavy atom. The Morgan fingerprint density at radius 3 is 1.97 bits per heavy atom. The van der Waals surface area contributed by atoms with Gasteiger partial charge in [-0.2, -0.15) is 0 Å². The molecule has 0 saturated heterocycles. The first-order valence-corrected chi connectivity index (χ1v) is 10.0. The van der Waals surface area contributed by atoms with E-state index in [-0.39, 0.29) is 30.2 Å². The van der Waals surface area contributed by atoms with Gasteiger partial charge in [-0.05, 0) is 37.8 Å². The molecule has 5 nitrogen and oxygen atoms in total. The summed E-state index contributed by atoms with van der Waals surface area (Å²) in [6.07, 6.45) is 1.39. The van der Waals surface area contributed by atoms with Crippen molar-refractivity contribution in [1.29, 1.82) is 0 Å². The molecule has 1 N–H and O–H groups in total. The number of carbonyl (C=O) groups excluding carboxylic acids is 3. The molecule has 2 aromatic rings. The number of nitrogens with zero attached hydrogens (tertiary/aromatic N) is 1. The van der Waals surface area contributed by atoms with E-state index in [1.807, 2.05) is 74.5 Å². The summed E-state index contributed by atoms with van der Waals surface area (Å²) in [7, 11) is 0. The van der Waals surface area contributed by atoms with Crippen molar-refractivity contribution in [2.75, 3.05) is 6.54 Å². The molecule has 0 spiro atoms. The molecule has 5 heteroatoms. The van der Waals surface area contributed by atoms with Crippen molar-refractivity contribution in [1.82, 2.24) is 10.2 Å². The van der Waals surface area contributed by atoms with Crippen LogP contribution in [0.4, 0.5) is 0 Å². The second kappa shape index (κ2) is 11.1. The first kappa shape index (κ1) is 22.3. The molecule has 0 aliphatic rings. The third kappa shape index (κ3) is 7.53. The minimum atomic E-state index is -0.655. The van der Waals surface area contributed by atoms with Crippen molar-refractivity contribution in [3.05, 3.63) is 71.8 Å². The van der Waals surface area contributed by atoms with E-state index in [0.29, 0.717) is 19.3 Å². The molecule has 2 amide bonds. The second-order valence-electron chi connectivity index (χ2n) is 7.51. The van der Waals surface area contributed by atoms with E-state index in [9.17, 15) is 14.4 Å². The number of aryl methyl sites for hydroxylation is 1. The summed E-state index contributed by atoms with van der Waals surface area (Å²) in [6.45, 7) is 5.19. The van der Waals surface area contributed by atoms with Crippen LogP contribution in [-0.2, 0) is 27.2 Å². The number of benzene rings is 2. The van der Waals surface area contributed by atoms with Crippen LogP contribution in [0.15, 0.2) is 60.7 Å². The van der Waals surface area contributed by atoms with Crippen LogP contribution in [-0.4, -0.2) is 41.1 Å². The first-order valence-electron chi connectivity index (χ1n) is 10.0. The van der Waals surface area contributed by atoms with Gasteiger partial charge in [-0.1, -0.05) is 60.7 Å². The molecule has 2 aromatic carbocycles. The molecule has 0 aromatic heterocycles. The minimum Gasteiger partial charge on any atom is -0.346 e. The van der Waals surface area contributed by atoms with Gasteiger partial charge >= 0.3 is 0 Å². The van der Waals surface area contributed by atoms with E-state index in [0.717, 1.165) is 11.1 Å². The lowest BCUT2D eigenvalue weighted by Gasteiger charge is -2.28. The lowest BCUT2D eigenvalue weighted by atomic mass is 10.0. The average molecular weight is 395 g/mol. The summed E-state index contributed by atoms with van der Waals surface area (Å²) in [5, 5.41) is 2.74. The van der Waals surface area contributed by atoms with Gasteiger partial charge in [-0.25, -0.2) is 0 Å². The van der Waals surface area contributed by atoms with Crippen molar-refractivity contribution < 1.29 is 14.4 Å². The Labute approximate surface area is 173 Å². The summed E-state index contributed by atoms with van der Waals surface area (Å²) in [4.78, 5) is 39.0. The number of hydrogen-bond donors (Lipinski definition) is 1. The van der Waals surface area contributed by atoms with Crippen LogP contribution >= 0.6 is 0 Å².